The minimum absolute atomic E-state index is 0.761. The lowest BCUT2D eigenvalue weighted by Crippen LogP contribution is -2.06. The predicted octanol–water partition coefficient (Wildman–Crippen LogP) is 1.13. The molecule has 46 valence electrons. The SMILES string of the molecule is CC(C)C[N+]1=CC1C. The zero-order chi connectivity index (χ0) is 6.15. The van der Waals surface area contributed by atoms with Gasteiger partial charge < -0.3 is 0 Å². The van der Waals surface area contributed by atoms with Gasteiger partial charge in [-0.1, -0.05) is 13.8 Å². The fourth-order valence-corrected chi connectivity index (χ4v) is 0.887. The van der Waals surface area contributed by atoms with Crippen molar-refractivity contribution in [2.24, 2.45) is 5.92 Å². The van der Waals surface area contributed by atoms with Crippen LogP contribution in [-0.2, 0) is 0 Å². The first-order valence-corrected chi connectivity index (χ1v) is 3.31. The van der Waals surface area contributed by atoms with Crippen molar-refractivity contribution >= 4 is 6.21 Å². The number of hydrogen-bond acceptors (Lipinski definition) is 0. The summed E-state index contributed by atoms with van der Waals surface area (Å²) in [7, 11) is 0. The molecule has 0 N–H and O–H groups in total. The average molecular weight is 112 g/mol. The highest BCUT2D eigenvalue weighted by Gasteiger charge is 2.29. The quantitative estimate of drug-likeness (QED) is 0.471. The molecule has 1 heterocycles. The summed E-state index contributed by atoms with van der Waals surface area (Å²) >= 11 is 0. The molecule has 1 unspecified atom stereocenters. The molecule has 0 bridgehead atoms. The van der Waals surface area contributed by atoms with Crippen LogP contribution in [0.5, 0.6) is 0 Å². The molecular weight excluding hydrogens is 98.1 g/mol. The summed E-state index contributed by atoms with van der Waals surface area (Å²) in [5.41, 5.74) is 0. The van der Waals surface area contributed by atoms with Crippen molar-refractivity contribution in [3.8, 4) is 0 Å². The van der Waals surface area contributed by atoms with Crippen LogP contribution in [0.25, 0.3) is 0 Å². The van der Waals surface area contributed by atoms with E-state index in [0.29, 0.717) is 0 Å². The summed E-state index contributed by atoms with van der Waals surface area (Å²) in [6, 6.07) is 0.761. The third-order valence-corrected chi connectivity index (χ3v) is 1.42. The standard InChI is InChI=1S/C7H14N/c1-6(2)4-8-5-7(8)3/h5-7H,4H2,1-3H3/q+1. The van der Waals surface area contributed by atoms with Gasteiger partial charge in [0.15, 0.2) is 0 Å². The number of rotatable bonds is 2. The largest absolute Gasteiger partial charge is 0.225 e. The van der Waals surface area contributed by atoms with Crippen LogP contribution in [0.4, 0.5) is 0 Å². The molecule has 0 saturated heterocycles. The first-order valence-electron chi connectivity index (χ1n) is 3.31. The van der Waals surface area contributed by atoms with Crippen LogP contribution in [0, 0.1) is 5.92 Å². The highest BCUT2D eigenvalue weighted by molar-refractivity contribution is 5.65. The van der Waals surface area contributed by atoms with E-state index < -0.39 is 0 Å². The Morgan fingerprint density at radius 3 is 2.25 bits per heavy atom. The van der Waals surface area contributed by atoms with Crippen molar-refractivity contribution in [2.45, 2.75) is 26.8 Å². The highest BCUT2D eigenvalue weighted by atomic mass is 15.1. The number of nitrogens with zero attached hydrogens (tertiary/aromatic N) is 1. The third kappa shape index (κ3) is 1.32. The van der Waals surface area contributed by atoms with Gasteiger partial charge in [-0.25, -0.2) is 4.58 Å². The van der Waals surface area contributed by atoms with Crippen molar-refractivity contribution in [2.75, 3.05) is 6.54 Å². The average Bonchev–Trinajstić information content (AvgIpc) is 2.17. The molecule has 0 fully saturated rings. The van der Waals surface area contributed by atoms with Gasteiger partial charge in [0.25, 0.3) is 0 Å². The van der Waals surface area contributed by atoms with Crippen LogP contribution >= 0.6 is 0 Å². The van der Waals surface area contributed by atoms with Gasteiger partial charge in [-0.2, -0.15) is 0 Å². The molecule has 1 aliphatic heterocycles. The topological polar surface area (TPSA) is 3.01 Å². The monoisotopic (exact) mass is 112 g/mol. The first kappa shape index (κ1) is 5.80. The van der Waals surface area contributed by atoms with E-state index in [-0.39, 0.29) is 0 Å². The van der Waals surface area contributed by atoms with Gasteiger partial charge in [0.2, 0.25) is 12.3 Å². The molecule has 0 aliphatic carbocycles. The minimum Gasteiger partial charge on any atom is -0.222 e. The van der Waals surface area contributed by atoms with Gasteiger partial charge in [-0.05, 0) is 0 Å². The second-order valence-corrected chi connectivity index (χ2v) is 2.98. The molecule has 0 aromatic carbocycles. The van der Waals surface area contributed by atoms with Crippen LogP contribution in [0.3, 0.4) is 0 Å². The molecule has 1 atom stereocenters. The van der Waals surface area contributed by atoms with Crippen molar-refractivity contribution in [3.05, 3.63) is 0 Å². The molecule has 0 saturated carbocycles. The van der Waals surface area contributed by atoms with Crippen LogP contribution in [0.2, 0.25) is 0 Å². The molecule has 0 aromatic rings. The second-order valence-electron chi connectivity index (χ2n) is 2.98. The van der Waals surface area contributed by atoms with Crippen LogP contribution in [0.1, 0.15) is 20.8 Å². The Bertz CT molecular complexity index is 114. The fourth-order valence-electron chi connectivity index (χ4n) is 0.887. The maximum atomic E-state index is 2.37. The summed E-state index contributed by atoms with van der Waals surface area (Å²) in [5, 5.41) is 0. The maximum Gasteiger partial charge on any atom is 0.225 e. The summed E-state index contributed by atoms with van der Waals surface area (Å²) in [6.07, 6.45) is 2.26. The van der Waals surface area contributed by atoms with E-state index in [1.807, 2.05) is 0 Å². The molecule has 1 heteroatoms. The summed E-state index contributed by atoms with van der Waals surface area (Å²) < 4.78 is 2.37. The van der Waals surface area contributed by atoms with Crippen LogP contribution in [0.15, 0.2) is 0 Å². The normalized spacial score (nSPS) is 26.0. The molecular formula is C7H14N+. The predicted molar refractivity (Wildman–Crippen MR) is 35.5 cm³/mol. The van der Waals surface area contributed by atoms with E-state index in [4.69, 9.17) is 0 Å². The van der Waals surface area contributed by atoms with E-state index >= 15 is 0 Å². The lowest BCUT2D eigenvalue weighted by atomic mass is 10.2. The second kappa shape index (κ2) is 1.88. The smallest absolute Gasteiger partial charge is 0.222 e. The summed E-state index contributed by atoms with van der Waals surface area (Å²) in [4.78, 5) is 0. The van der Waals surface area contributed by atoms with Crippen LogP contribution in [-0.4, -0.2) is 23.4 Å². The Morgan fingerprint density at radius 2 is 2.12 bits per heavy atom. The van der Waals surface area contributed by atoms with Gasteiger partial charge >= 0.3 is 0 Å². The van der Waals surface area contributed by atoms with E-state index in [1.54, 1.807) is 0 Å². The zero-order valence-electron chi connectivity index (χ0n) is 5.89. The van der Waals surface area contributed by atoms with Crippen molar-refractivity contribution < 1.29 is 4.58 Å². The third-order valence-electron chi connectivity index (χ3n) is 1.42. The minimum atomic E-state index is 0.761. The molecule has 0 radical (unpaired) electrons. The molecule has 1 nitrogen and oxygen atoms in total. The van der Waals surface area contributed by atoms with Gasteiger partial charge in [0, 0.05) is 12.8 Å². The Labute approximate surface area is 51.0 Å². The Balaban J connectivity index is 2.14. The van der Waals surface area contributed by atoms with Crippen molar-refractivity contribution in [3.63, 3.8) is 0 Å². The Kier molecular flexibility index (Phi) is 1.37. The summed E-state index contributed by atoms with van der Waals surface area (Å²) in [5.74, 6) is 0.816. The van der Waals surface area contributed by atoms with Crippen molar-refractivity contribution in [1.29, 1.82) is 0 Å². The van der Waals surface area contributed by atoms with Crippen molar-refractivity contribution in [1.82, 2.24) is 0 Å². The maximum absolute atomic E-state index is 2.37. The van der Waals surface area contributed by atoms with E-state index in [0.717, 1.165) is 12.0 Å². The fraction of sp³-hybridized carbons (Fsp3) is 0.857. The molecule has 0 aromatic heterocycles. The first-order chi connectivity index (χ1) is 3.70. The van der Waals surface area contributed by atoms with E-state index in [2.05, 4.69) is 31.6 Å². The number of hydrogen-bond donors (Lipinski definition) is 0. The van der Waals surface area contributed by atoms with Gasteiger partial charge in [0.05, 0.1) is 0 Å². The van der Waals surface area contributed by atoms with Gasteiger partial charge in [0.1, 0.15) is 6.54 Å². The Hall–Kier alpha value is -0.330. The lowest BCUT2D eigenvalue weighted by Gasteiger charge is -1.93. The summed E-state index contributed by atoms with van der Waals surface area (Å²) in [6.45, 7) is 7.96. The molecule has 8 heavy (non-hydrogen) atoms. The Morgan fingerprint density at radius 1 is 1.62 bits per heavy atom. The highest BCUT2D eigenvalue weighted by Crippen LogP contribution is 2.04. The molecule has 0 amide bonds. The molecule has 1 aliphatic rings. The lowest BCUT2D eigenvalue weighted by molar-refractivity contribution is -0.473. The zero-order valence-corrected chi connectivity index (χ0v) is 5.89. The van der Waals surface area contributed by atoms with Crippen LogP contribution < -0.4 is 0 Å². The molecule has 0 spiro atoms. The molecule has 1 rings (SSSR count). The van der Waals surface area contributed by atoms with E-state index in [9.17, 15) is 0 Å². The van der Waals surface area contributed by atoms with Gasteiger partial charge in [-0.3, -0.25) is 0 Å². The van der Waals surface area contributed by atoms with E-state index in [1.165, 1.54) is 6.54 Å². The van der Waals surface area contributed by atoms with Gasteiger partial charge in [-0.15, -0.1) is 0 Å².